The van der Waals surface area contributed by atoms with Gasteiger partial charge in [-0.05, 0) is 12.5 Å². The molecule has 0 fully saturated rings. The topological polar surface area (TPSA) is 26.0 Å². The molecule has 0 unspecified atom stereocenters. The second kappa shape index (κ2) is 29.5. The van der Waals surface area contributed by atoms with Gasteiger partial charge in [0.05, 0.1) is 0 Å². The fourth-order valence-electron chi connectivity index (χ4n) is 0. The van der Waals surface area contributed by atoms with Crippen molar-refractivity contribution in [3.63, 3.8) is 0 Å². The molecule has 0 aliphatic carbocycles. The molecule has 1 nitrogen and oxygen atoms in total. The fourth-order valence-corrected chi connectivity index (χ4v) is 0. The molecule has 0 aliphatic rings. The Bertz CT molecular complexity index is 37.0. The molecule has 0 aromatic carbocycles. The van der Waals surface area contributed by atoms with E-state index < -0.39 is 0 Å². The molecule has 0 saturated heterocycles. The molecule has 11 heavy (non-hydrogen) atoms. The molecule has 0 spiro atoms. The third kappa shape index (κ3) is 249. The number of halogens is 2. The van der Waals surface area contributed by atoms with Crippen molar-refractivity contribution in [3.05, 3.63) is 6.42 Å². The van der Waals surface area contributed by atoms with Crippen molar-refractivity contribution in [1.29, 1.82) is 0 Å². The Morgan fingerprint density at radius 2 is 1.27 bits per heavy atom. The van der Waals surface area contributed by atoms with Gasteiger partial charge in [-0.15, -0.1) is 0 Å². The van der Waals surface area contributed by atoms with Gasteiger partial charge < -0.3 is 5.73 Å². The van der Waals surface area contributed by atoms with Gasteiger partial charge in [-0.1, -0.05) is 27.7 Å². The van der Waals surface area contributed by atoms with Gasteiger partial charge in [-0.2, -0.15) is 0 Å². The summed E-state index contributed by atoms with van der Waals surface area (Å²) in [5, 5.41) is 0. The quantitative estimate of drug-likeness (QED) is 0.681. The molecule has 0 aromatic rings. The van der Waals surface area contributed by atoms with E-state index in [0.717, 1.165) is 0 Å². The zero-order valence-electron chi connectivity index (χ0n) is 7.20. The van der Waals surface area contributed by atoms with Gasteiger partial charge in [0.25, 0.3) is 0 Å². The number of hydrogen-bond acceptors (Lipinski definition) is 1. The molecule has 0 aliphatic heterocycles. The average Bonchev–Trinajstić information content (AvgIpc) is 1.65. The molecule has 2 N–H and O–H groups in total. The van der Waals surface area contributed by atoms with Crippen molar-refractivity contribution in [2.24, 2.45) is 5.73 Å². The van der Waals surface area contributed by atoms with Crippen LogP contribution in [0.4, 0.5) is 0 Å². The third-order valence-electron chi connectivity index (χ3n) is 0. The summed E-state index contributed by atoms with van der Waals surface area (Å²) in [4.78, 5) is 0. The maximum atomic E-state index is 5.11. The van der Waals surface area contributed by atoms with E-state index in [2.05, 4.69) is 25.8 Å². The Hall–Kier alpha value is 2.28. The van der Waals surface area contributed by atoms with E-state index in [1.165, 1.54) is 0 Å². The average molecular weight is 294 g/mol. The SMILES string of the molecule is CC(C)N.C[CH]C.[Br][Mg][Br].[LiH]. The van der Waals surface area contributed by atoms with Crippen LogP contribution in [0.15, 0.2) is 0 Å². The van der Waals surface area contributed by atoms with Gasteiger partial charge >= 0.3 is 34.9 Å². The van der Waals surface area contributed by atoms with Crippen LogP contribution in [0.25, 0.3) is 0 Å². The summed E-state index contributed by atoms with van der Waals surface area (Å²) in [5.74, 6) is 0. The first-order valence-corrected chi connectivity index (χ1v) is 11.0. The molecule has 0 aromatic heterocycles. The van der Waals surface area contributed by atoms with Crippen molar-refractivity contribution in [1.82, 2.24) is 0 Å². The molecule has 63 valence electrons. The first-order valence-electron chi connectivity index (χ1n) is 3.18. The zero-order chi connectivity index (χ0) is 8.99. The van der Waals surface area contributed by atoms with Gasteiger partial charge in [-0.3, -0.25) is 25.8 Å². The van der Waals surface area contributed by atoms with Crippen LogP contribution in [0, 0.1) is 6.42 Å². The van der Waals surface area contributed by atoms with Crippen LogP contribution in [0.5, 0.6) is 0 Å². The van der Waals surface area contributed by atoms with Crippen molar-refractivity contribution < 1.29 is 0 Å². The molecule has 1 radical (unpaired) electrons. The van der Waals surface area contributed by atoms with E-state index in [-0.39, 0.29) is 34.9 Å². The Labute approximate surface area is 105 Å². The van der Waals surface area contributed by atoms with Crippen LogP contribution in [0.2, 0.25) is 0 Å². The van der Waals surface area contributed by atoms with Gasteiger partial charge in [0.2, 0.25) is 0 Å². The maximum absolute atomic E-state index is 5.11. The fraction of sp³-hybridized carbons (Fsp3) is 0.833. The number of rotatable bonds is 0. The summed E-state index contributed by atoms with van der Waals surface area (Å²) >= 11 is 6.44. The van der Waals surface area contributed by atoms with E-state index in [1.54, 1.807) is 0 Å². The molecule has 0 rings (SSSR count). The van der Waals surface area contributed by atoms with E-state index in [1.807, 2.05) is 34.1 Å². The van der Waals surface area contributed by atoms with E-state index >= 15 is 0 Å². The Morgan fingerprint density at radius 1 is 1.27 bits per heavy atom. The number of nitrogens with two attached hydrogens (primary N) is 1. The molecule has 0 saturated carbocycles. The second-order valence-corrected chi connectivity index (χ2v) is 10.0. The van der Waals surface area contributed by atoms with Crippen LogP contribution in [0.3, 0.4) is 0 Å². The molecule has 0 heterocycles. The summed E-state index contributed by atoms with van der Waals surface area (Å²) in [7, 11) is 0. The van der Waals surface area contributed by atoms with Crippen LogP contribution < -0.4 is 5.73 Å². The van der Waals surface area contributed by atoms with Crippen LogP contribution in [-0.4, -0.2) is 40.9 Å². The normalized spacial score (nSPS) is 5.82. The third-order valence-corrected chi connectivity index (χ3v) is 0. The van der Waals surface area contributed by atoms with Crippen molar-refractivity contribution in [2.75, 3.05) is 0 Å². The summed E-state index contributed by atoms with van der Waals surface area (Å²) in [6.07, 6.45) is 2.00. The Morgan fingerprint density at radius 3 is 1.27 bits per heavy atom. The molecular weight excluding hydrogens is 277 g/mol. The molecule has 0 bridgehead atoms. The summed E-state index contributed by atoms with van der Waals surface area (Å²) in [6.45, 7) is 7.89. The summed E-state index contributed by atoms with van der Waals surface area (Å²) < 4.78 is 0. The first-order chi connectivity index (χ1) is 4.56. The molecule has 0 atom stereocenters. The second-order valence-electron chi connectivity index (χ2n) is 1.92. The van der Waals surface area contributed by atoms with Crippen LogP contribution in [0.1, 0.15) is 27.7 Å². The van der Waals surface area contributed by atoms with Crippen molar-refractivity contribution in [2.45, 2.75) is 33.7 Å². The summed E-state index contributed by atoms with van der Waals surface area (Å²) in [5.41, 5.74) is 5.11. The van der Waals surface area contributed by atoms with Crippen molar-refractivity contribution in [3.8, 4) is 0 Å². The zero-order valence-corrected chi connectivity index (χ0v) is 11.8. The Balaban J connectivity index is -0.0000000325. The van der Waals surface area contributed by atoms with E-state index in [9.17, 15) is 0 Å². The minimum absolute atomic E-state index is 0. The number of hydrogen-bond donors (Lipinski definition) is 1. The standard InChI is InChI=1S/C3H9N.C3H7.2BrH.Li.Mg.H/c1-3(2)4;1-3-2;;;;;/h3H,4H2,1-2H3;3H,1-2H3;2*1H;;;/q;;;;;+2;/p-2. The Kier molecular flexibility index (Phi) is 62.3. The predicted molar refractivity (Wildman–Crippen MR) is 65.7 cm³/mol. The summed E-state index contributed by atoms with van der Waals surface area (Å²) in [6, 6.07) is 0.333. The van der Waals surface area contributed by atoms with Crippen LogP contribution in [-0.2, 0) is 0 Å². The van der Waals surface area contributed by atoms with Crippen molar-refractivity contribution >= 4 is 60.6 Å². The molecular formula is C6H17Br2LiMgN. The predicted octanol–water partition coefficient (Wildman–Crippen LogP) is 2.25. The monoisotopic (exact) mass is 292 g/mol. The van der Waals surface area contributed by atoms with Gasteiger partial charge in [0.1, 0.15) is 0 Å². The first kappa shape index (κ1) is 23.3. The molecule has 5 heteroatoms. The van der Waals surface area contributed by atoms with Crippen LogP contribution >= 0.6 is 25.8 Å². The minimum atomic E-state index is 0. The van der Waals surface area contributed by atoms with Gasteiger partial charge in [-0.25, -0.2) is 0 Å². The van der Waals surface area contributed by atoms with E-state index in [4.69, 9.17) is 5.73 Å². The van der Waals surface area contributed by atoms with Gasteiger partial charge in [0.15, 0.2) is 0 Å². The van der Waals surface area contributed by atoms with E-state index in [0.29, 0.717) is 6.04 Å². The molecule has 0 amide bonds. The van der Waals surface area contributed by atoms with Gasteiger partial charge in [0, 0.05) is 0 Å².